The Morgan fingerprint density at radius 1 is 1.16 bits per heavy atom. The van der Waals surface area contributed by atoms with Crippen molar-refractivity contribution in [3.63, 3.8) is 0 Å². The Morgan fingerprint density at radius 2 is 1.92 bits per heavy atom. The van der Waals surface area contributed by atoms with Crippen LogP contribution in [0.5, 0.6) is 0 Å². The molecule has 0 atom stereocenters. The fourth-order valence-electron chi connectivity index (χ4n) is 2.06. The first-order chi connectivity index (χ1) is 12.0. The number of benzene rings is 2. The molecule has 2 aromatic rings. The molecule has 0 saturated heterocycles. The largest absolute Gasteiger partial charge is 0.462 e. The number of carbonyl (C=O) groups is 2. The lowest BCUT2D eigenvalue weighted by molar-refractivity contribution is -0.113. The van der Waals surface area contributed by atoms with Crippen molar-refractivity contribution in [1.82, 2.24) is 0 Å². The van der Waals surface area contributed by atoms with E-state index in [4.69, 9.17) is 27.9 Å². The molecule has 0 fully saturated rings. The van der Waals surface area contributed by atoms with Crippen LogP contribution in [0.2, 0.25) is 10.0 Å². The van der Waals surface area contributed by atoms with Crippen molar-refractivity contribution < 1.29 is 14.3 Å². The lowest BCUT2D eigenvalue weighted by atomic mass is 10.2. The summed E-state index contributed by atoms with van der Waals surface area (Å²) in [4.78, 5) is 24.0. The van der Waals surface area contributed by atoms with Crippen molar-refractivity contribution in [2.45, 2.75) is 12.7 Å². The molecule has 0 aromatic heterocycles. The van der Waals surface area contributed by atoms with Crippen molar-refractivity contribution in [2.24, 2.45) is 0 Å². The quantitative estimate of drug-likeness (QED) is 0.664. The van der Waals surface area contributed by atoms with Crippen LogP contribution in [-0.4, -0.2) is 24.2 Å². The van der Waals surface area contributed by atoms with Gasteiger partial charge in [-0.2, -0.15) is 0 Å². The van der Waals surface area contributed by atoms with E-state index in [0.29, 0.717) is 27.0 Å². The first-order valence-electron chi connectivity index (χ1n) is 7.59. The summed E-state index contributed by atoms with van der Waals surface area (Å²) in [6.45, 7) is 2.01. The summed E-state index contributed by atoms with van der Waals surface area (Å²) in [6.07, 6.45) is 0. The van der Waals surface area contributed by atoms with Crippen LogP contribution >= 0.6 is 35.0 Å². The first kappa shape index (κ1) is 19.6. The minimum Gasteiger partial charge on any atom is -0.462 e. The molecule has 0 saturated carbocycles. The van der Waals surface area contributed by atoms with Crippen molar-refractivity contribution in [3.8, 4) is 0 Å². The summed E-state index contributed by atoms with van der Waals surface area (Å²) in [7, 11) is 0. The summed E-state index contributed by atoms with van der Waals surface area (Å²) in [5.41, 5.74) is 1.69. The lowest BCUT2D eigenvalue weighted by Crippen LogP contribution is -2.17. The number of anilines is 1. The maximum absolute atomic E-state index is 12.1. The molecule has 0 aliphatic carbocycles. The topological polar surface area (TPSA) is 55.4 Å². The molecule has 1 amide bonds. The van der Waals surface area contributed by atoms with Crippen LogP contribution in [0, 0.1) is 0 Å². The molecule has 0 bridgehead atoms. The zero-order chi connectivity index (χ0) is 18.2. The molecule has 25 heavy (non-hydrogen) atoms. The Labute approximate surface area is 160 Å². The maximum Gasteiger partial charge on any atom is 0.340 e. The maximum atomic E-state index is 12.1. The van der Waals surface area contributed by atoms with E-state index in [1.54, 1.807) is 43.3 Å². The number of ether oxygens (including phenoxy) is 1. The summed E-state index contributed by atoms with van der Waals surface area (Å²) in [6, 6.07) is 12.0. The number of halogens is 2. The minimum absolute atomic E-state index is 0.202. The Kier molecular flexibility index (Phi) is 7.62. The number of hydrogen-bond donors (Lipinski definition) is 1. The summed E-state index contributed by atoms with van der Waals surface area (Å²) >= 11 is 13.4. The molecule has 0 spiro atoms. The number of esters is 1. The average molecular weight is 398 g/mol. The number of thioether (sulfide) groups is 1. The molecule has 0 unspecified atom stereocenters. The van der Waals surface area contributed by atoms with Gasteiger partial charge in [0.2, 0.25) is 5.91 Å². The summed E-state index contributed by atoms with van der Waals surface area (Å²) in [5, 5.41) is 3.90. The standard InChI is InChI=1S/C18H17Cl2NO3S/c1-2-24-18(23)14-5-3-4-6-16(14)21-17(22)11-25-10-12-7-8-13(19)9-15(12)20/h3-9H,2,10-11H2,1H3,(H,21,22). The molecule has 4 nitrogen and oxygen atoms in total. The molecular formula is C18H17Cl2NO3S. The van der Waals surface area contributed by atoms with E-state index in [-0.39, 0.29) is 18.3 Å². The molecule has 7 heteroatoms. The van der Waals surface area contributed by atoms with Crippen molar-refractivity contribution >= 4 is 52.5 Å². The molecule has 0 radical (unpaired) electrons. The van der Waals surface area contributed by atoms with Gasteiger partial charge in [0.05, 0.1) is 23.6 Å². The predicted octanol–water partition coefficient (Wildman–Crippen LogP) is 5.04. The van der Waals surface area contributed by atoms with Crippen LogP contribution in [0.25, 0.3) is 0 Å². The second kappa shape index (κ2) is 9.70. The fraction of sp³-hybridized carbons (Fsp3) is 0.222. The average Bonchev–Trinajstić information content (AvgIpc) is 2.57. The highest BCUT2D eigenvalue weighted by atomic mass is 35.5. The zero-order valence-corrected chi connectivity index (χ0v) is 15.9. The molecule has 0 aliphatic rings. The highest BCUT2D eigenvalue weighted by Gasteiger charge is 2.14. The molecule has 132 valence electrons. The van der Waals surface area contributed by atoms with Crippen LogP contribution in [0.4, 0.5) is 5.69 Å². The number of amides is 1. The van der Waals surface area contributed by atoms with Gasteiger partial charge in [-0.1, -0.05) is 41.4 Å². The van der Waals surface area contributed by atoms with E-state index in [2.05, 4.69) is 5.32 Å². The van der Waals surface area contributed by atoms with Gasteiger partial charge in [0.25, 0.3) is 0 Å². The van der Waals surface area contributed by atoms with E-state index in [1.807, 2.05) is 6.07 Å². The number of rotatable bonds is 7. The zero-order valence-electron chi connectivity index (χ0n) is 13.6. The number of para-hydroxylation sites is 1. The number of hydrogen-bond acceptors (Lipinski definition) is 4. The molecule has 0 heterocycles. The van der Waals surface area contributed by atoms with E-state index in [9.17, 15) is 9.59 Å². The third-order valence-electron chi connectivity index (χ3n) is 3.20. The number of carbonyl (C=O) groups excluding carboxylic acids is 2. The Hall–Kier alpha value is -1.69. The van der Waals surface area contributed by atoms with Crippen LogP contribution in [0.15, 0.2) is 42.5 Å². The van der Waals surface area contributed by atoms with Gasteiger partial charge < -0.3 is 10.1 Å². The van der Waals surface area contributed by atoms with Gasteiger partial charge in [-0.25, -0.2) is 4.79 Å². The van der Waals surface area contributed by atoms with E-state index < -0.39 is 5.97 Å². The SMILES string of the molecule is CCOC(=O)c1ccccc1NC(=O)CSCc1ccc(Cl)cc1Cl. The highest BCUT2D eigenvalue weighted by molar-refractivity contribution is 7.99. The van der Waals surface area contributed by atoms with Crippen LogP contribution in [0.1, 0.15) is 22.8 Å². The highest BCUT2D eigenvalue weighted by Crippen LogP contribution is 2.25. The molecule has 2 rings (SSSR count). The normalized spacial score (nSPS) is 10.4. The van der Waals surface area contributed by atoms with Gasteiger partial charge >= 0.3 is 5.97 Å². The summed E-state index contributed by atoms with van der Waals surface area (Å²) in [5.74, 6) is 0.157. The minimum atomic E-state index is -0.459. The monoisotopic (exact) mass is 397 g/mol. The second-order valence-electron chi connectivity index (χ2n) is 5.04. The number of nitrogens with one attached hydrogen (secondary N) is 1. The Bertz CT molecular complexity index is 768. The van der Waals surface area contributed by atoms with E-state index in [1.165, 1.54) is 11.8 Å². The van der Waals surface area contributed by atoms with Gasteiger partial charge in [-0.3, -0.25) is 4.79 Å². The molecule has 0 aliphatic heterocycles. The molecule has 2 aromatic carbocycles. The summed E-state index contributed by atoms with van der Waals surface area (Å²) < 4.78 is 4.99. The third-order valence-corrected chi connectivity index (χ3v) is 4.77. The van der Waals surface area contributed by atoms with E-state index >= 15 is 0 Å². The van der Waals surface area contributed by atoms with Gasteiger partial charge in [-0.05, 0) is 36.8 Å². The van der Waals surface area contributed by atoms with Crippen molar-refractivity contribution in [3.05, 3.63) is 63.6 Å². The van der Waals surface area contributed by atoms with Gasteiger partial charge in [0.1, 0.15) is 0 Å². The van der Waals surface area contributed by atoms with Crippen LogP contribution in [0.3, 0.4) is 0 Å². The second-order valence-corrected chi connectivity index (χ2v) is 6.87. The Morgan fingerprint density at radius 3 is 2.64 bits per heavy atom. The van der Waals surface area contributed by atoms with Crippen LogP contribution in [-0.2, 0) is 15.3 Å². The van der Waals surface area contributed by atoms with Gasteiger partial charge in [0, 0.05) is 15.8 Å². The third kappa shape index (κ3) is 5.96. The molecule has 1 N–H and O–H groups in total. The van der Waals surface area contributed by atoms with Crippen LogP contribution < -0.4 is 5.32 Å². The molecular weight excluding hydrogens is 381 g/mol. The smallest absolute Gasteiger partial charge is 0.340 e. The lowest BCUT2D eigenvalue weighted by Gasteiger charge is -2.10. The fourth-order valence-corrected chi connectivity index (χ4v) is 3.44. The van der Waals surface area contributed by atoms with Crippen molar-refractivity contribution in [1.29, 1.82) is 0 Å². The predicted molar refractivity (Wildman–Crippen MR) is 104 cm³/mol. The van der Waals surface area contributed by atoms with Gasteiger partial charge in [-0.15, -0.1) is 11.8 Å². The Balaban J connectivity index is 1.91. The van der Waals surface area contributed by atoms with Crippen molar-refractivity contribution in [2.75, 3.05) is 17.7 Å². The van der Waals surface area contributed by atoms with E-state index in [0.717, 1.165) is 5.56 Å². The first-order valence-corrected chi connectivity index (χ1v) is 9.50. The van der Waals surface area contributed by atoms with Gasteiger partial charge in [0.15, 0.2) is 0 Å².